The van der Waals surface area contributed by atoms with E-state index in [-0.39, 0.29) is 19.0 Å². The molecule has 10 nitrogen and oxygen atoms in total. The normalized spacial score (nSPS) is 17.9. The zero-order chi connectivity index (χ0) is 26.2. The van der Waals surface area contributed by atoms with Gasteiger partial charge in [0.1, 0.15) is 11.3 Å². The first-order valence-electron chi connectivity index (χ1n) is 11.4. The standard InChI is InChI=1S/C25H29N3O7S/c1-14-6-8-16(9-7-14)23-22(24(29)26-3)19-10-18-15(2)34-17(12-27-25(30)33-4)13-28(36(5,31)32)20(18)11-21(19)35-23/h6-11,15,17H,12-13H2,1-5H3,(H,26,29)(H,27,30). The van der Waals surface area contributed by atoms with Crippen molar-refractivity contribution in [2.75, 3.05) is 37.8 Å². The summed E-state index contributed by atoms with van der Waals surface area (Å²) in [5.41, 5.74) is 3.49. The van der Waals surface area contributed by atoms with Crippen LogP contribution in [0, 0.1) is 6.92 Å². The first-order chi connectivity index (χ1) is 17.0. The Kier molecular flexibility index (Phi) is 6.96. The Morgan fingerprint density at radius 2 is 1.89 bits per heavy atom. The van der Waals surface area contributed by atoms with Crippen LogP contribution in [-0.4, -0.2) is 60.0 Å². The fourth-order valence-electron chi connectivity index (χ4n) is 4.33. The van der Waals surface area contributed by atoms with Crippen molar-refractivity contribution in [2.45, 2.75) is 26.1 Å². The summed E-state index contributed by atoms with van der Waals surface area (Å²) in [7, 11) is -0.939. The van der Waals surface area contributed by atoms with Crippen molar-refractivity contribution in [3.05, 3.63) is 53.1 Å². The van der Waals surface area contributed by atoms with Crippen molar-refractivity contribution >= 4 is 38.7 Å². The van der Waals surface area contributed by atoms with Crippen molar-refractivity contribution in [1.82, 2.24) is 10.6 Å². The Balaban J connectivity index is 1.89. The van der Waals surface area contributed by atoms with Crippen LogP contribution >= 0.6 is 0 Å². The molecule has 0 fully saturated rings. The molecule has 4 rings (SSSR count). The maximum absolute atomic E-state index is 13.0. The van der Waals surface area contributed by atoms with Gasteiger partial charge < -0.3 is 24.5 Å². The zero-order valence-electron chi connectivity index (χ0n) is 20.7. The summed E-state index contributed by atoms with van der Waals surface area (Å²) in [6.07, 6.45) is -0.724. The van der Waals surface area contributed by atoms with Crippen LogP contribution in [0.3, 0.4) is 0 Å². The number of benzene rings is 2. The minimum Gasteiger partial charge on any atom is -0.455 e. The number of carbonyl (C=O) groups excluding carboxylic acids is 2. The molecule has 0 saturated carbocycles. The zero-order valence-corrected chi connectivity index (χ0v) is 21.6. The lowest BCUT2D eigenvalue weighted by molar-refractivity contribution is 0.00748. The third-order valence-corrected chi connectivity index (χ3v) is 7.28. The van der Waals surface area contributed by atoms with Crippen LogP contribution in [0.15, 0.2) is 40.8 Å². The molecule has 3 aromatic rings. The summed E-state index contributed by atoms with van der Waals surface area (Å²) in [6, 6.07) is 11.0. The summed E-state index contributed by atoms with van der Waals surface area (Å²) in [5.74, 6) is 0.0655. The molecule has 1 aliphatic heterocycles. The summed E-state index contributed by atoms with van der Waals surface area (Å²) in [5, 5.41) is 5.77. The molecule has 2 N–H and O–H groups in total. The number of ether oxygens (including phenoxy) is 2. The van der Waals surface area contributed by atoms with E-state index in [4.69, 9.17) is 9.15 Å². The van der Waals surface area contributed by atoms with E-state index in [1.54, 1.807) is 26.1 Å². The molecule has 11 heteroatoms. The van der Waals surface area contributed by atoms with Crippen molar-refractivity contribution < 1.29 is 31.9 Å². The van der Waals surface area contributed by atoms with Gasteiger partial charge in [-0.05, 0) is 19.9 Å². The largest absolute Gasteiger partial charge is 0.455 e. The predicted molar refractivity (Wildman–Crippen MR) is 136 cm³/mol. The van der Waals surface area contributed by atoms with Crippen LogP contribution in [0.2, 0.25) is 0 Å². The fourth-order valence-corrected chi connectivity index (χ4v) is 5.29. The number of nitrogens with zero attached hydrogens (tertiary/aromatic N) is 1. The van der Waals surface area contributed by atoms with Crippen LogP contribution in [0.1, 0.15) is 34.5 Å². The number of hydrogen-bond donors (Lipinski definition) is 2. The van der Waals surface area contributed by atoms with Crippen molar-refractivity contribution in [3.8, 4) is 11.3 Å². The molecule has 0 radical (unpaired) electrons. The van der Waals surface area contributed by atoms with Gasteiger partial charge in [-0.3, -0.25) is 9.10 Å². The number of nitrogens with one attached hydrogen (secondary N) is 2. The van der Waals surface area contributed by atoms with Gasteiger partial charge in [-0.1, -0.05) is 29.8 Å². The van der Waals surface area contributed by atoms with Gasteiger partial charge >= 0.3 is 6.09 Å². The van der Waals surface area contributed by atoms with Crippen LogP contribution < -0.4 is 14.9 Å². The van der Waals surface area contributed by atoms with Crippen LogP contribution in [0.4, 0.5) is 10.5 Å². The van der Waals surface area contributed by atoms with E-state index >= 15 is 0 Å². The number of sulfonamides is 1. The van der Waals surface area contributed by atoms with Gasteiger partial charge in [0, 0.05) is 36.2 Å². The lowest BCUT2D eigenvalue weighted by atomic mass is 10.00. The second kappa shape index (κ2) is 9.82. The number of anilines is 1. The average Bonchev–Trinajstić information content (AvgIpc) is 3.14. The highest BCUT2D eigenvalue weighted by Gasteiger charge is 2.34. The molecule has 2 aromatic carbocycles. The smallest absolute Gasteiger partial charge is 0.406 e. The SMILES string of the molecule is CNC(=O)c1c(-c2ccc(C)cc2)oc2cc3c(cc12)C(C)OC(CNC(=O)OC)CN3S(C)(=O)=O. The second-order valence-corrected chi connectivity index (χ2v) is 10.6. The topological polar surface area (TPSA) is 127 Å². The van der Waals surface area contributed by atoms with Gasteiger partial charge in [-0.15, -0.1) is 0 Å². The van der Waals surface area contributed by atoms with Crippen molar-refractivity contribution in [3.63, 3.8) is 0 Å². The molecule has 0 bridgehead atoms. The molecule has 2 atom stereocenters. The van der Waals surface area contributed by atoms with E-state index in [2.05, 4.69) is 15.4 Å². The molecular formula is C25H29N3O7S. The number of methoxy groups -OCH3 is 1. The van der Waals surface area contributed by atoms with E-state index in [0.29, 0.717) is 33.5 Å². The molecule has 2 amide bonds. The fraction of sp³-hybridized carbons (Fsp3) is 0.360. The predicted octanol–water partition coefficient (Wildman–Crippen LogP) is 3.35. The molecule has 1 aliphatic rings. The maximum atomic E-state index is 13.0. The van der Waals surface area contributed by atoms with E-state index in [0.717, 1.165) is 17.4 Å². The van der Waals surface area contributed by atoms with E-state index in [9.17, 15) is 18.0 Å². The van der Waals surface area contributed by atoms with Gasteiger partial charge in [0.05, 0.1) is 43.4 Å². The third kappa shape index (κ3) is 4.89. The summed E-state index contributed by atoms with van der Waals surface area (Å²) in [4.78, 5) is 24.5. The highest BCUT2D eigenvalue weighted by molar-refractivity contribution is 7.92. The van der Waals surface area contributed by atoms with E-state index in [1.165, 1.54) is 11.4 Å². The molecule has 0 spiro atoms. The van der Waals surface area contributed by atoms with Crippen LogP contribution in [0.25, 0.3) is 22.3 Å². The number of rotatable bonds is 5. The highest BCUT2D eigenvalue weighted by atomic mass is 32.2. The molecule has 0 aliphatic carbocycles. The number of alkyl carbamates (subject to hydrolysis) is 1. The molecular weight excluding hydrogens is 486 g/mol. The van der Waals surface area contributed by atoms with Gasteiger partial charge in [0.15, 0.2) is 0 Å². The minimum absolute atomic E-state index is 0.0283. The second-order valence-electron chi connectivity index (χ2n) is 8.73. The first kappa shape index (κ1) is 25.5. The number of furan rings is 1. The summed E-state index contributed by atoms with van der Waals surface area (Å²) in [6.45, 7) is 3.78. The van der Waals surface area contributed by atoms with Gasteiger partial charge in [-0.2, -0.15) is 0 Å². The quantitative estimate of drug-likeness (QED) is 0.533. The summed E-state index contributed by atoms with van der Waals surface area (Å²) < 4.78 is 43.8. The number of aryl methyl sites for hydroxylation is 1. The Hall–Kier alpha value is -3.57. The maximum Gasteiger partial charge on any atom is 0.406 e. The Labute approximate surface area is 209 Å². The summed E-state index contributed by atoms with van der Waals surface area (Å²) >= 11 is 0. The Morgan fingerprint density at radius 1 is 1.19 bits per heavy atom. The number of amides is 2. The van der Waals surface area contributed by atoms with E-state index in [1.807, 2.05) is 31.2 Å². The van der Waals surface area contributed by atoms with Crippen molar-refractivity contribution in [1.29, 1.82) is 0 Å². The molecule has 2 unspecified atom stereocenters. The molecule has 36 heavy (non-hydrogen) atoms. The lowest BCUT2D eigenvalue weighted by Gasteiger charge is -2.25. The first-order valence-corrected chi connectivity index (χ1v) is 13.2. The van der Waals surface area contributed by atoms with Gasteiger partial charge in [0.25, 0.3) is 5.91 Å². The van der Waals surface area contributed by atoms with Gasteiger partial charge in [-0.25, -0.2) is 13.2 Å². The van der Waals surface area contributed by atoms with Gasteiger partial charge in [0.2, 0.25) is 10.0 Å². The third-order valence-electron chi connectivity index (χ3n) is 6.14. The average molecular weight is 516 g/mol. The highest BCUT2D eigenvalue weighted by Crippen LogP contribution is 2.42. The van der Waals surface area contributed by atoms with Crippen molar-refractivity contribution in [2.24, 2.45) is 0 Å². The Bertz CT molecular complexity index is 1410. The number of carbonyl (C=O) groups is 2. The number of hydrogen-bond acceptors (Lipinski definition) is 7. The van der Waals surface area contributed by atoms with Crippen LogP contribution in [0.5, 0.6) is 0 Å². The lowest BCUT2D eigenvalue weighted by Crippen LogP contribution is -2.42. The Morgan fingerprint density at radius 3 is 2.50 bits per heavy atom. The van der Waals surface area contributed by atoms with Crippen LogP contribution in [-0.2, 0) is 19.5 Å². The molecule has 2 heterocycles. The van der Waals surface area contributed by atoms with E-state index < -0.39 is 28.3 Å². The monoisotopic (exact) mass is 515 g/mol. The molecule has 0 saturated heterocycles. The molecule has 1 aromatic heterocycles. The number of fused-ring (bicyclic) bond motifs is 2. The molecule has 192 valence electrons. The minimum atomic E-state index is -3.72.